The minimum atomic E-state index is -0.564. The Labute approximate surface area is 172 Å². The van der Waals surface area contributed by atoms with Crippen molar-refractivity contribution in [2.45, 2.75) is 23.9 Å². The van der Waals surface area contributed by atoms with Crippen LogP contribution in [-0.2, 0) is 17.5 Å². The third-order valence-electron chi connectivity index (χ3n) is 4.16. The molecule has 29 heavy (non-hydrogen) atoms. The first-order valence-electron chi connectivity index (χ1n) is 8.71. The summed E-state index contributed by atoms with van der Waals surface area (Å²) in [5.74, 6) is 1.63. The molecule has 0 saturated carbocycles. The number of benzene rings is 1. The van der Waals surface area contributed by atoms with Crippen molar-refractivity contribution in [2.24, 2.45) is 7.05 Å². The Morgan fingerprint density at radius 1 is 1.28 bits per heavy atom. The lowest BCUT2D eigenvalue weighted by molar-refractivity contribution is 0.168. The second-order valence-electron chi connectivity index (χ2n) is 6.14. The highest BCUT2D eigenvalue weighted by Crippen LogP contribution is 2.28. The van der Waals surface area contributed by atoms with Crippen molar-refractivity contribution in [3.05, 3.63) is 39.9 Å². The van der Waals surface area contributed by atoms with Crippen molar-refractivity contribution in [3.63, 3.8) is 0 Å². The van der Waals surface area contributed by atoms with Crippen molar-refractivity contribution in [1.29, 1.82) is 0 Å². The topological polar surface area (TPSA) is 116 Å². The molecule has 0 aliphatic carbocycles. The van der Waals surface area contributed by atoms with Crippen molar-refractivity contribution in [1.82, 2.24) is 29.4 Å². The van der Waals surface area contributed by atoms with E-state index in [1.165, 1.54) is 27.7 Å². The number of nitrogens with zero attached hydrogens (tertiary/aromatic N) is 6. The van der Waals surface area contributed by atoms with Gasteiger partial charge < -0.3 is 4.74 Å². The average molecular weight is 432 g/mol. The summed E-state index contributed by atoms with van der Waals surface area (Å²) in [5, 5.41) is 19.9. The monoisotopic (exact) mass is 431 g/mol. The van der Waals surface area contributed by atoms with Crippen LogP contribution < -0.4 is 10.9 Å². The van der Waals surface area contributed by atoms with Crippen LogP contribution in [0.4, 0.5) is 9.93 Å². The molecule has 1 N–H and O–H groups in total. The summed E-state index contributed by atoms with van der Waals surface area (Å²) in [5.41, 5.74) is 1.66. The van der Waals surface area contributed by atoms with E-state index in [2.05, 4.69) is 25.7 Å². The van der Waals surface area contributed by atoms with Crippen LogP contribution in [0.3, 0.4) is 0 Å². The molecule has 0 aliphatic heterocycles. The van der Waals surface area contributed by atoms with E-state index in [-0.39, 0.29) is 12.2 Å². The van der Waals surface area contributed by atoms with E-state index in [1.54, 1.807) is 14.0 Å². The summed E-state index contributed by atoms with van der Waals surface area (Å²) < 4.78 is 8.86. The van der Waals surface area contributed by atoms with Crippen LogP contribution in [-0.4, -0.2) is 42.1 Å². The fourth-order valence-electron chi connectivity index (χ4n) is 2.85. The lowest BCUT2D eigenvalue weighted by Crippen LogP contribution is -2.20. The Hall–Kier alpha value is -2.99. The van der Waals surface area contributed by atoms with Gasteiger partial charge in [-0.2, -0.15) is 0 Å². The molecule has 12 heteroatoms. The number of amides is 1. The first-order valence-corrected chi connectivity index (χ1v) is 10.5. The van der Waals surface area contributed by atoms with Crippen LogP contribution in [0.1, 0.15) is 18.3 Å². The van der Waals surface area contributed by atoms with Crippen molar-refractivity contribution in [3.8, 4) is 0 Å². The molecular formula is C17H17N7O3S2. The second kappa shape index (κ2) is 7.79. The van der Waals surface area contributed by atoms with Gasteiger partial charge in [-0.15, -0.1) is 20.4 Å². The third-order valence-corrected chi connectivity index (χ3v) is 6.12. The summed E-state index contributed by atoms with van der Waals surface area (Å²) in [7, 11) is 1.68. The van der Waals surface area contributed by atoms with E-state index in [1.807, 2.05) is 29.5 Å². The standard InChI is InChI=1S/C17H17N7O3S2/c1-4-27-16(26)18-14-20-22-17(29-14)28-8-12-19-21-15-23(3)13(25)10-7-9(2)5-6-11(10)24(12)15/h5-7H,4,8H2,1-3H3,(H,18,20,26). The Morgan fingerprint density at radius 2 is 2.10 bits per heavy atom. The maximum Gasteiger partial charge on any atom is 0.413 e. The number of ether oxygens (including phenoxy) is 1. The quantitative estimate of drug-likeness (QED) is 0.379. The van der Waals surface area contributed by atoms with Crippen LogP contribution in [0, 0.1) is 6.92 Å². The molecule has 0 atom stereocenters. The number of carbonyl (C=O) groups excluding carboxylic acids is 1. The lowest BCUT2D eigenvalue weighted by atomic mass is 10.1. The van der Waals surface area contributed by atoms with Gasteiger partial charge in [-0.1, -0.05) is 34.7 Å². The summed E-state index contributed by atoms with van der Waals surface area (Å²) in [6.07, 6.45) is -0.564. The maximum absolute atomic E-state index is 12.6. The van der Waals surface area contributed by atoms with Crippen molar-refractivity contribution >= 4 is 51.0 Å². The average Bonchev–Trinajstić information content (AvgIpc) is 3.31. The van der Waals surface area contributed by atoms with Crippen LogP contribution in [0.2, 0.25) is 0 Å². The van der Waals surface area contributed by atoms with E-state index < -0.39 is 6.09 Å². The SMILES string of the molecule is CCOC(=O)Nc1nnc(SCc2nnc3n(C)c(=O)c4cc(C)ccc4n23)s1. The van der Waals surface area contributed by atoms with Gasteiger partial charge in [0, 0.05) is 7.05 Å². The minimum absolute atomic E-state index is 0.110. The molecule has 3 heterocycles. The third kappa shape index (κ3) is 3.68. The predicted octanol–water partition coefficient (Wildman–Crippen LogP) is 2.60. The molecule has 150 valence electrons. The fraction of sp³-hybridized carbons (Fsp3) is 0.294. The second-order valence-corrected chi connectivity index (χ2v) is 8.34. The molecule has 10 nitrogen and oxygen atoms in total. The van der Waals surface area contributed by atoms with Crippen LogP contribution >= 0.6 is 23.1 Å². The van der Waals surface area contributed by atoms with Crippen molar-refractivity contribution < 1.29 is 9.53 Å². The molecule has 0 aliphatic rings. The van der Waals surface area contributed by atoms with Gasteiger partial charge in [0.25, 0.3) is 5.56 Å². The number of hydrogen-bond acceptors (Lipinski definition) is 9. The first-order chi connectivity index (χ1) is 14.0. The summed E-state index contributed by atoms with van der Waals surface area (Å²) >= 11 is 2.66. The molecule has 0 spiro atoms. The van der Waals surface area contributed by atoms with Gasteiger partial charge in [0.2, 0.25) is 10.9 Å². The van der Waals surface area contributed by atoms with Gasteiger partial charge in [-0.05, 0) is 26.0 Å². The Bertz CT molecular complexity index is 1280. The van der Waals surface area contributed by atoms with Gasteiger partial charge in [-0.3, -0.25) is 19.1 Å². The first kappa shape index (κ1) is 19.3. The normalized spacial score (nSPS) is 11.3. The molecule has 4 rings (SSSR count). The van der Waals surface area contributed by atoms with E-state index >= 15 is 0 Å². The molecule has 1 aromatic carbocycles. The lowest BCUT2D eigenvalue weighted by Gasteiger charge is -2.08. The van der Waals surface area contributed by atoms with E-state index in [4.69, 9.17) is 4.74 Å². The van der Waals surface area contributed by atoms with Gasteiger partial charge >= 0.3 is 6.09 Å². The van der Waals surface area contributed by atoms with E-state index in [0.29, 0.717) is 32.2 Å². The zero-order valence-electron chi connectivity index (χ0n) is 15.9. The zero-order valence-corrected chi connectivity index (χ0v) is 17.5. The fourth-order valence-corrected chi connectivity index (χ4v) is 4.50. The Kier molecular flexibility index (Phi) is 5.20. The number of fused-ring (bicyclic) bond motifs is 3. The highest BCUT2D eigenvalue weighted by molar-refractivity contribution is 8.00. The molecule has 1 amide bonds. The van der Waals surface area contributed by atoms with Gasteiger partial charge in [0.15, 0.2) is 4.34 Å². The molecule has 0 bridgehead atoms. The van der Waals surface area contributed by atoms with Crippen LogP contribution in [0.25, 0.3) is 16.7 Å². The number of aryl methyl sites for hydroxylation is 2. The molecule has 0 fully saturated rings. The molecule has 0 saturated heterocycles. The number of rotatable bonds is 5. The summed E-state index contributed by atoms with van der Waals surface area (Å²) in [6, 6.07) is 5.73. The number of nitrogens with one attached hydrogen (secondary N) is 1. The maximum atomic E-state index is 12.6. The highest BCUT2D eigenvalue weighted by Gasteiger charge is 2.16. The van der Waals surface area contributed by atoms with Gasteiger partial charge in [0.05, 0.1) is 23.3 Å². The van der Waals surface area contributed by atoms with Crippen molar-refractivity contribution in [2.75, 3.05) is 11.9 Å². The Balaban J connectivity index is 1.63. The number of carbonyl (C=O) groups is 1. The van der Waals surface area contributed by atoms with Crippen LogP contribution in [0.15, 0.2) is 27.3 Å². The number of aromatic nitrogens is 6. The van der Waals surface area contributed by atoms with Gasteiger partial charge in [0.1, 0.15) is 5.82 Å². The molecule has 0 radical (unpaired) electrons. The summed E-state index contributed by atoms with van der Waals surface area (Å²) in [6.45, 7) is 3.95. The minimum Gasteiger partial charge on any atom is -0.450 e. The molecule has 4 aromatic rings. The molecule has 3 aromatic heterocycles. The number of hydrogen-bond donors (Lipinski definition) is 1. The van der Waals surface area contributed by atoms with E-state index in [0.717, 1.165) is 11.1 Å². The highest BCUT2D eigenvalue weighted by atomic mass is 32.2. The Morgan fingerprint density at radius 3 is 2.90 bits per heavy atom. The summed E-state index contributed by atoms with van der Waals surface area (Å²) in [4.78, 5) is 24.1. The predicted molar refractivity (Wildman–Crippen MR) is 111 cm³/mol. The largest absolute Gasteiger partial charge is 0.450 e. The number of anilines is 1. The smallest absolute Gasteiger partial charge is 0.413 e. The zero-order chi connectivity index (χ0) is 20.5. The van der Waals surface area contributed by atoms with E-state index in [9.17, 15) is 9.59 Å². The number of thioether (sulfide) groups is 1. The molecular weight excluding hydrogens is 414 g/mol. The van der Waals surface area contributed by atoms with Crippen LogP contribution in [0.5, 0.6) is 0 Å². The van der Waals surface area contributed by atoms with Gasteiger partial charge in [-0.25, -0.2) is 4.79 Å². The molecule has 0 unspecified atom stereocenters.